The van der Waals surface area contributed by atoms with Crippen LogP contribution in [0, 0.1) is 5.92 Å². The summed E-state index contributed by atoms with van der Waals surface area (Å²) in [6.07, 6.45) is 3.37. The van der Waals surface area contributed by atoms with Gasteiger partial charge in [0.05, 0.1) is 0 Å². The fraction of sp³-hybridized carbons (Fsp3) is 0.684. The number of nitrogens with two attached hydrogens (primary N) is 1. The molecule has 10 heteroatoms. The van der Waals surface area contributed by atoms with E-state index < -0.39 is 10.2 Å². The van der Waals surface area contributed by atoms with Crippen molar-refractivity contribution in [2.75, 3.05) is 59.1 Å². The number of carbonyl (C=O) groups excluding carboxylic acids is 1. The minimum Gasteiger partial charge on any atom is -0.384 e. The van der Waals surface area contributed by atoms with E-state index >= 15 is 0 Å². The summed E-state index contributed by atoms with van der Waals surface area (Å²) < 4.78 is 27.1. The van der Waals surface area contributed by atoms with Gasteiger partial charge in [-0.1, -0.05) is 0 Å². The van der Waals surface area contributed by atoms with Gasteiger partial charge in [-0.3, -0.25) is 9.69 Å². The molecule has 2 aliphatic rings. The summed E-state index contributed by atoms with van der Waals surface area (Å²) in [5.74, 6) is 0.695. The first-order chi connectivity index (χ1) is 13.7. The zero-order valence-electron chi connectivity index (χ0n) is 17.5. The number of anilines is 1. The first-order valence-electron chi connectivity index (χ1n) is 10.1. The van der Waals surface area contributed by atoms with Crippen LogP contribution >= 0.6 is 0 Å². The molecule has 2 saturated heterocycles. The first-order valence-corrected chi connectivity index (χ1v) is 11.5. The molecule has 0 spiro atoms. The predicted molar refractivity (Wildman–Crippen MR) is 112 cm³/mol. The van der Waals surface area contributed by atoms with Crippen molar-refractivity contribution in [1.82, 2.24) is 23.4 Å². The summed E-state index contributed by atoms with van der Waals surface area (Å²) in [7, 11) is -0.352. The van der Waals surface area contributed by atoms with Gasteiger partial charge < -0.3 is 10.6 Å². The van der Waals surface area contributed by atoms with Crippen LogP contribution in [0.3, 0.4) is 0 Å². The number of piperidine rings is 1. The minimum absolute atomic E-state index is 0.0120. The number of nitrogens with zero attached hydrogens (tertiary/aromatic N) is 5. The van der Waals surface area contributed by atoms with E-state index in [0.29, 0.717) is 32.0 Å². The van der Waals surface area contributed by atoms with Gasteiger partial charge in [-0.05, 0) is 50.6 Å². The molecule has 0 radical (unpaired) electrons. The Morgan fingerprint density at radius 1 is 1.17 bits per heavy atom. The van der Waals surface area contributed by atoms with Crippen LogP contribution in [-0.2, 0) is 15.0 Å². The van der Waals surface area contributed by atoms with Crippen LogP contribution in [0.5, 0.6) is 0 Å². The van der Waals surface area contributed by atoms with Gasteiger partial charge in [0, 0.05) is 58.4 Å². The Bertz CT molecular complexity index is 815. The lowest BCUT2D eigenvalue weighted by atomic mass is 9.93. The third-order valence-corrected chi connectivity index (χ3v) is 7.99. The third kappa shape index (κ3) is 4.88. The SMILES string of the molecule is CC(c1ccnc(N)c1)N1CCC(C(=O)N2CCN(S(=O)(=O)N(C)C)CC2)CC1. The highest BCUT2D eigenvalue weighted by atomic mass is 32.2. The molecule has 2 aliphatic heterocycles. The quantitative estimate of drug-likeness (QED) is 0.733. The predicted octanol–water partition coefficient (Wildman–Crippen LogP) is 0.387. The van der Waals surface area contributed by atoms with Crippen molar-refractivity contribution in [3.05, 3.63) is 23.9 Å². The summed E-state index contributed by atoms with van der Waals surface area (Å²) in [5, 5.41) is 0. The van der Waals surface area contributed by atoms with Gasteiger partial charge in [0.25, 0.3) is 10.2 Å². The molecule has 2 N–H and O–H groups in total. The molecule has 0 aliphatic carbocycles. The standard InChI is InChI=1S/C19H32N6O3S/c1-15(17-4-7-21-18(20)14-17)23-8-5-16(6-9-23)19(26)24-10-12-25(13-11-24)29(27,28)22(2)3/h4,7,14-16H,5-6,8-13H2,1-3H3,(H2,20,21). The maximum Gasteiger partial charge on any atom is 0.281 e. The van der Waals surface area contributed by atoms with E-state index in [2.05, 4.69) is 16.8 Å². The fourth-order valence-electron chi connectivity index (χ4n) is 4.10. The maximum atomic E-state index is 12.9. The maximum absolute atomic E-state index is 12.9. The fourth-order valence-corrected chi connectivity index (χ4v) is 5.18. The molecule has 1 aromatic heterocycles. The zero-order chi connectivity index (χ0) is 21.2. The van der Waals surface area contributed by atoms with Gasteiger partial charge in [-0.15, -0.1) is 0 Å². The topological polar surface area (TPSA) is 103 Å². The lowest BCUT2D eigenvalue weighted by Gasteiger charge is -2.40. The smallest absolute Gasteiger partial charge is 0.281 e. The van der Waals surface area contributed by atoms with Gasteiger partial charge in [0.1, 0.15) is 5.82 Å². The highest BCUT2D eigenvalue weighted by Crippen LogP contribution is 2.28. The van der Waals surface area contributed by atoms with E-state index in [9.17, 15) is 13.2 Å². The molecule has 1 aromatic rings. The minimum atomic E-state index is -3.41. The van der Waals surface area contributed by atoms with E-state index in [4.69, 9.17) is 5.73 Å². The number of piperazine rings is 1. The summed E-state index contributed by atoms with van der Waals surface area (Å²) in [5.41, 5.74) is 6.94. The normalized spacial score (nSPS) is 21.4. The molecule has 0 bridgehead atoms. The Hall–Kier alpha value is -1.75. The Morgan fingerprint density at radius 2 is 1.79 bits per heavy atom. The number of pyridine rings is 1. The average Bonchev–Trinajstić information content (AvgIpc) is 2.73. The number of hydrogen-bond acceptors (Lipinski definition) is 6. The van der Waals surface area contributed by atoms with E-state index in [0.717, 1.165) is 31.5 Å². The van der Waals surface area contributed by atoms with Crippen LogP contribution in [0.4, 0.5) is 5.82 Å². The Kier molecular flexibility index (Phi) is 6.77. The number of carbonyl (C=O) groups is 1. The monoisotopic (exact) mass is 424 g/mol. The number of hydrogen-bond donors (Lipinski definition) is 1. The Morgan fingerprint density at radius 3 is 2.34 bits per heavy atom. The van der Waals surface area contributed by atoms with Gasteiger partial charge >= 0.3 is 0 Å². The second kappa shape index (κ2) is 8.95. The second-order valence-corrected chi connectivity index (χ2v) is 10.2. The van der Waals surface area contributed by atoms with Crippen LogP contribution in [0.1, 0.15) is 31.4 Å². The van der Waals surface area contributed by atoms with Crippen LogP contribution < -0.4 is 5.73 Å². The first kappa shape index (κ1) is 21.9. The average molecular weight is 425 g/mol. The molecular formula is C19H32N6O3S. The van der Waals surface area contributed by atoms with Crippen molar-refractivity contribution in [1.29, 1.82) is 0 Å². The summed E-state index contributed by atoms with van der Waals surface area (Å²) >= 11 is 0. The molecule has 9 nitrogen and oxygen atoms in total. The van der Waals surface area contributed by atoms with Gasteiger partial charge in [-0.2, -0.15) is 17.0 Å². The summed E-state index contributed by atoms with van der Waals surface area (Å²) in [4.78, 5) is 21.2. The van der Waals surface area contributed by atoms with Crippen molar-refractivity contribution < 1.29 is 13.2 Å². The molecule has 29 heavy (non-hydrogen) atoms. The highest BCUT2D eigenvalue weighted by molar-refractivity contribution is 7.86. The second-order valence-electron chi connectivity index (χ2n) is 8.01. The number of rotatable bonds is 5. The van der Waals surface area contributed by atoms with Gasteiger partial charge in [-0.25, -0.2) is 4.98 Å². The lowest BCUT2D eigenvalue weighted by Crippen LogP contribution is -2.54. The lowest BCUT2D eigenvalue weighted by molar-refractivity contribution is -0.138. The molecule has 2 fully saturated rings. The number of amides is 1. The van der Waals surface area contributed by atoms with Crippen LogP contribution in [0.25, 0.3) is 0 Å². The van der Waals surface area contributed by atoms with Crippen molar-refractivity contribution >= 4 is 21.9 Å². The van der Waals surface area contributed by atoms with Gasteiger partial charge in [0.2, 0.25) is 5.91 Å². The number of likely N-dealkylation sites (tertiary alicyclic amines) is 1. The molecule has 1 atom stereocenters. The molecule has 1 unspecified atom stereocenters. The molecule has 162 valence electrons. The summed E-state index contributed by atoms with van der Waals surface area (Å²) in [6, 6.07) is 4.12. The molecule has 0 aromatic carbocycles. The van der Waals surface area contributed by atoms with E-state index in [1.807, 2.05) is 17.0 Å². The molecular weight excluding hydrogens is 392 g/mol. The van der Waals surface area contributed by atoms with Crippen LogP contribution in [-0.4, -0.2) is 91.1 Å². The van der Waals surface area contributed by atoms with Crippen LogP contribution in [0.15, 0.2) is 18.3 Å². The van der Waals surface area contributed by atoms with E-state index in [1.54, 1.807) is 6.20 Å². The molecule has 0 saturated carbocycles. The molecule has 3 rings (SSSR count). The van der Waals surface area contributed by atoms with Crippen molar-refractivity contribution in [3.63, 3.8) is 0 Å². The Labute approximate surface area is 173 Å². The van der Waals surface area contributed by atoms with Crippen molar-refractivity contribution in [2.45, 2.75) is 25.8 Å². The highest BCUT2D eigenvalue weighted by Gasteiger charge is 2.34. The summed E-state index contributed by atoms with van der Waals surface area (Å²) in [6.45, 7) is 5.49. The Balaban J connectivity index is 1.51. The van der Waals surface area contributed by atoms with Crippen LogP contribution in [0.2, 0.25) is 0 Å². The third-order valence-electron chi connectivity index (χ3n) is 6.05. The number of aromatic nitrogens is 1. The largest absolute Gasteiger partial charge is 0.384 e. The van der Waals surface area contributed by atoms with Crippen molar-refractivity contribution in [3.8, 4) is 0 Å². The number of nitrogen functional groups attached to an aromatic ring is 1. The van der Waals surface area contributed by atoms with Gasteiger partial charge in [0.15, 0.2) is 0 Å². The van der Waals surface area contributed by atoms with E-state index in [1.165, 1.54) is 22.7 Å². The molecule has 3 heterocycles. The molecule has 1 amide bonds. The van der Waals surface area contributed by atoms with Crippen molar-refractivity contribution in [2.24, 2.45) is 5.92 Å². The zero-order valence-corrected chi connectivity index (χ0v) is 18.3. The van der Waals surface area contributed by atoms with E-state index in [-0.39, 0.29) is 17.9 Å².